The van der Waals surface area contributed by atoms with E-state index in [1.54, 1.807) is 18.2 Å². The predicted molar refractivity (Wildman–Crippen MR) is 45.8 cm³/mol. The van der Waals surface area contributed by atoms with E-state index in [0.717, 1.165) is 0 Å². The fraction of sp³-hybridized carbons (Fsp3) is 0.167. The molecule has 0 aromatic carbocycles. The van der Waals surface area contributed by atoms with Crippen LogP contribution in [0.15, 0.2) is 24.4 Å². The van der Waals surface area contributed by atoms with Crippen LogP contribution in [0.2, 0.25) is 0 Å². The van der Waals surface area contributed by atoms with E-state index in [4.69, 9.17) is 0 Å². The van der Waals surface area contributed by atoms with Gasteiger partial charge in [0.05, 0.1) is 0 Å². The zero-order chi connectivity index (χ0) is 9.03. The van der Waals surface area contributed by atoms with Gasteiger partial charge in [-0.3, -0.25) is 4.72 Å². The van der Waals surface area contributed by atoms with Gasteiger partial charge in [0.2, 0.25) is 0 Å². The zero-order valence-corrected chi connectivity index (χ0v) is 7.30. The lowest BCUT2D eigenvalue weighted by Gasteiger charge is -2.03. The molecule has 0 aliphatic heterocycles. The van der Waals surface area contributed by atoms with E-state index in [2.05, 4.69) is 14.4 Å². The minimum absolute atomic E-state index is 0.298. The van der Waals surface area contributed by atoms with Crippen LogP contribution in [0.5, 0.6) is 0 Å². The topological polar surface area (TPSA) is 71.1 Å². The Kier molecular flexibility index (Phi) is 2.61. The van der Waals surface area contributed by atoms with Crippen LogP contribution in [-0.2, 0) is 10.2 Å². The Labute approximate surface area is 71.0 Å². The Bertz CT molecular complexity index is 335. The largest absolute Gasteiger partial charge is 0.300 e. The van der Waals surface area contributed by atoms with Gasteiger partial charge in [-0.2, -0.15) is 8.42 Å². The van der Waals surface area contributed by atoms with Gasteiger partial charge in [0.25, 0.3) is 10.2 Å². The summed E-state index contributed by atoms with van der Waals surface area (Å²) in [7, 11) is -2.11. The second kappa shape index (κ2) is 3.51. The number of anilines is 1. The maximum absolute atomic E-state index is 10.9. The first-order valence-corrected chi connectivity index (χ1v) is 4.75. The molecule has 1 heterocycles. The monoisotopic (exact) mass is 187 g/mol. The lowest BCUT2D eigenvalue weighted by atomic mass is 10.5. The van der Waals surface area contributed by atoms with Crippen molar-refractivity contribution >= 4 is 16.0 Å². The predicted octanol–water partition coefficient (Wildman–Crippen LogP) is -0.0423. The van der Waals surface area contributed by atoms with E-state index in [1.807, 2.05) is 0 Å². The van der Waals surface area contributed by atoms with Crippen molar-refractivity contribution in [3.63, 3.8) is 0 Å². The highest BCUT2D eigenvalue weighted by molar-refractivity contribution is 7.90. The molecule has 0 spiro atoms. The minimum atomic E-state index is -3.44. The Morgan fingerprint density at radius 2 is 2.17 bits per heavy atom. The summed E-state index contributed by atoms with van der Waals surface area (Å²) in [5.41, 5.74) is 0. The molecule has 1 aromatic heterocycles. The van der Waals surface area contributed by atoms with Gasteiger partial charge in [-0.25, -0.2) is 9.71 Å². The van der Waals surface area contributed by atoms with Crippen molar-refractivity contribution in [1.29, 1.82) is 0 Å². The van der Waals surface area contributed by atoms with Crippen molar-refractivity contribution in [2.45, 2.75) is 0 Å². The molecule has 0 saturated carbocycles. The Morgan fingerprint density at radius 1 is 1.42 bits per heavy atom. The third-order valence-corrected chi connectivity index (χ3v) is 2.19. The summed E-state index contributed by atoms with van der Waals surface area (Å²) in [5.74, 6) is 0.298. The number of aromatic nitrogens is 1. The van der Waals surface area contributed by atoms with E-state index in [-0.39, 0.29) is 0 Å². The molecule has 12 heavy (non-hydrogen) atoms. The van der Waals surface area contributed by atoms with Crippen molar-refractivity contribution in [3.05, 3.63) is 24.4 Å². The van der Waals surface area contributed by atoms with Gasteiger partial charge in [-0.1, -0.05) is 6.07 Å². The molecule has 0 fully saturated rings. The molecule has 66 valence electrons. The van der Waals surface area contributed by atoms with E-state index in [0.29, 0.717) is 5.82 Å². The number of rotatable bonds is 3. The van der Waals surface area contributed by atoms with Crippen LogP contribution in [-0.4, -0.2) is 20.4 Å². The highest BCUT2D eigenvalue weighted by Gasteiger charge is 2.04. The average Bonchev–Trinajstić information content (AvgIpc) is 2.06. The average molecular weight is 187 g/mol. The third kappa shape index (κ3) is 2.48. The highest BCUT2D eigenvalue weighted by Crippen LogP contribution is 2.00. The molecule has 1 rings (SSSR count). The maximum Gasteiger partial charge on any atom is 0.300 e. The van der Waals surface area contributed by atoms with Gasteiger partial charge < -0.3 is 0 Å². The van der Waals surface area contributed by atoms with Crippen molar-refractivity contribution < 1.29 is 8.42 Å². The van der Waals surface area contributed by atoms with E-state index >= 15 is 0 Å². The van der Waals surface area contributed by atoms with E-state index < -0.39 is 10.2 Å². The molecule has 2 N–H and O–H groups in total. The van der Waals surface area contributed by atoms with Crippen molar-refractivity contribution in [2.75, 3.05) is 11.8 Å². The number of nitrogens with one attached hydrogen (secondary N) is 2. The first kappa shape index (κ1) is 8.95. The molecule has 0 aliphatic rings. The van der Waals surface area contributed by atoms with Gasteiger partial charge in [0.15, 0.2) is 0 Å². The lowest BCUT2D eigenvalue weighted by molar-refractivity contribution is 0.593. The van der Waals surface area contributed by atoms with Gasteiger partial charge in [-0.05, 0) is 12.1 Å². The number of nitrogens with zero attached hydrogens (tertiary/aromatic N) is 1. The van der Waals surface area contributed by atoms with Crippen LogP contribution in [0, 0.1) is 0 Å². The van der Waals surface area contributed by atoms with E-state index in [9.17, 15) is 8.42 Å². The molecule has 5 nitrogen and oxygen atoms in total. The van der Waals surface area contributed by atoms with Crippen LogP contribution >= 0.6 is 0 Å². The highest BCUT2D eigenvalue weighted by atomic mass is 32.2. The molecule has 1 aromatic rings. The summed E-state index contributed by atoms with van der Waals surface area (Å²) in [4.78, 5) is 3.78. The molecule has 0 radical (unpaired) electrons. The van der Waals surface area contributed by atoms with Crippen LogP contribution < -0.4 is 9.44 Å². The Morgan fingerprint density at radius 3 is 2.67 bits per heavy atom. The van der Waals surface area contributed by atoms with Crippen LogP contribution in [0.25, 0.3) is 0 Å². The van der Waals surface area contributed by atoms with Crippen molar-refractivity contribution in [2.24, 2.45) is 0 Å². The lowest BCUT2D eigenvalue weighted by Crippen LogP contribution is -2.26. The molecule has 0 bridgehead atoms. The molecular formula is C6H9N3O2S. The smallest absolute Gasteiger partial charge is 0.255 e. The second-order valence-electron chi connectivity index (χ2n) is 2.02. The molecule has 0 unspecified atom stereocenters. The van der Waals surface area contributed by atoms with Gasteiger partial charge in [-0.15, -0.1) is 0 Å². The number of hydrogen-bond acceptors (Lipinski definition) is 3. The van der Waals surface area contributed by atoms with Gasteiger partial charge in [0, 0.05) is 13.2 Å². The fourth-order valence-corrected chi connectivity index (χ4v) is 1.11. The first-order valence-electron chi connectivity index (χ1n) is 3.26. The molecular weight excluding hydrogens is 178 g/mol. The van der Waals surface area contributed by atoms with Crippen LogP contribution in [0.1, 0.15) is 0 Å². The van der Waals surface area contributed by atoms with Crippen LogP contribution in [0.4, 0.5) is 5.82 Å². The Balaban J connectivity index is 2.78. The summed E-state index contributed by atoms with van der Waals surface area (Å²) in [5, 5.41) is 0. The van der Waals surface area contributed by atoms with Crippen LogP contribution in [0.3, 0.4) is 0 Å². The first-order chi connectivity index (χ1) is 5.64. The Hall–Kier alpha value is -1.14. The SMILES string of the molecule is CNS(=O)(=O)Nc1ccccn1. The summed E-state index contributed by atoms with van der Waals surface area (Å²) < 4.78 is 26.1. The second-order valence-corrected chi connectivity index (χ2v) is 3.64. The normalized spacial score (nSPS) is 11.1. The molecule has 0 aliphatic carbocycles. The van der Waals surface area contributed by atoms with E-state index in [1.165, 1.54) is 13.2 Å². The number of hydrogen-bond donors (Lipinski definition) is 2. The molecule has 0 saturated heterocycles. The molecule has 0 atom stereocenters. The van der Waals surface area contributed by atoms with Crippen molar-refractivity contribution in [1.82, 2.24) is 9.71 Å². The van der Waals surface area contributed by atoms with Crippen molar-refractivity contribution in [3.8, 4) is 0 Å². The molecule has 6 heteroatoms. The zero-order valence-electron chi connectivity index (χ0n) is 6.48. The quantitative estimate of drug-likeness (QED) is 0.697. The fourth-order valence-electron chi connectivity index (χ4n) is 0.612. The number of pyridine rings is 1. The van der Waals surface area contributed by atoms with Gasteiger partial charge >= 0.3 is 0 Å². The summed E-state index contributed by atoms with van der Waals surface area (Å²) in [6, 6.07) is 4.96. The van der Waals surface area contributed by atoms with Gasteiger partial charge in [0.1, 0.15) is 5.82 Å². The summed E-state index contributed by atoms with van der Waals surface area (Å²) >= 11 is 0. The summed E-state index contributed by atoms with van der Waals surface area (Å²) in [6.07, 6.45) is 1.51. The third-order valence-electron chi connectivity index (χ3n) is 1.17. The standard InChI is InChI=1S/C6H9N3O2S/c1-7-12(10,11)9-6-4-2-3-5-8-6/h2-5,7H,1H3,(H,8,9). The minimum Gasteiger partial charge on any atom is -0.255 e. The maximum atomic E-state index is 10.9. The molecule has 0 amide bonds. The summed E-state index contributed by atoms with van der Waals surface area (Å²) in [6.45, 7) is 0.